The molecule has 2 aromatic heterocycles. The Hall–Kier alpha value is -1.66. The number of amides is 1. The third-order valence-electron chi connectivity index (χ3n) is 5.19. The van der Waals surface area contributed by atoms with E-state index in [0.717, 1.165) is 45.3 Å². The molecule has 1 amide bonds. The average molecular weight is 362 g/mol. The van der Waals surface area contributed by atoms with E-state index in [1.54, 1.807) is 0 Å². The maximum atomic E-state index is 13.0. The van der Waals surface area contributed by atoms with Crippen molar-refractivity contribution in [3.05, 3.63) is 27.5 Å². The lowest BCUT2D eigenvalue weighted by Crippen LogP contribution is -2.38. The summed E-state index contributed by atoms with van der Waals surface area (Å²) in [6.07, 6.45) is 7.87. The van der Waals surface area contributed by atoms with Gasteiger partial charge in [0, 0.05) is 18.8 Å². The van der Waals surface area contributed by atoms with Crippen molar-refractivity contribution in [1.82, 2.24) is 14.3 Å². The molecule has 136 valence electrons. The van der Waals surface area contributed by atoms with Crippen molar-refractivity contribution in [1.29, 1.82) is 0 Å². The lowest BCUT2D eigenvalue weighted by molar-refractivity contribution is 0.0700. The molecule has 0 radical (unpaired) electrons. The fourth-order valence-electron chi connectivity index (χ4n) is 3.62. The highest BCUT2D eigenvalue weighted by Gasteiger charge is 2.27. The molecule has 5 nitrogen and oxygen atoms in total. The van der Waals surface area contributed by atoms with Gasteiger partial charge in [0.1, 0.15) is 4.88 Å². The molecule has 1 aliphatic rings. The second-order valence-corrected chi connectivity index (χ2v) is 8.05. The topological polar surface area (TPSA) is 57.8 Å². The third-order valence-corrected chi connectivity index (χ3v) is 6.32. The minimum absolute atomic E-state index is 0.0199. The predicted molar refractivity (Wildman–Crippen MR) is 102 cm³/mol. The van der Waals surface area contributed by atoms with E-state index in [1.807, 2.05) is 43.2 Å². The normalized spacial score (nSPS) is 16.6. The van der Waals surface area contributed by atoms with Crippen LogP contribution in [0.1, 0.15) is 65.8 Å². The number of fused-ring (bicyclic) bond motifs is 1. The fraction of sp³-hybridized carbons (Fsp3) is 0.579. The molecule has 0 aromatic carbocycles. The Labute approximate surface area is 153 Å². The van der Waals surface area contributed by atoms with Crippen LogP contribution in [0.4, 0.5) is 0 Å². The summed E-state index contributed by atoms with van der Waals surface area (Å²) in [6.45, 7) is 5.86. The van der Waals surface area contributed by atoms with Crippen LogP contribution in [0.3, 0.4) is 0 Å². The number of hydrogen-bond donors (Lipinski definition) is 1. The van der Waals surface area contributed by atoms with E-state index in [0.29, 0.717) is 6.04 Å². The van der Waals surface area contributed by atoms with E-state index in [-0.39, 0.29) is 12.5 Å². The first-order valence-corrected chi connectivity index (χ1v) is 9.79. The quantitative estimate of drug-likeness (QED) is 0.901. The molecule has 2 aromatic rings. The van der Waals surface area contributed by atoms with Gasteiger partial charge in [-0.05, 0) is 45.3 Å². The van der Waals surface area contributed by atoms with E-state index < -0.39 is 0 Å². The SMILES string of the molecule is C/C(=C\c1c(C)nc2sc(C(=O)N(C)C3CCCCC3)c(C)n12)CO. The van der Waals surface area contributed by atoms with Gasteiger partial charge >= 0.3 is 0 Å². The molecule has 0 bridgehead atoms. The molecule has 3 rings (SSSR count). The fourth-order valence-corrected chi connectivity index (χ4v) is 4.78. The maximum Gasteiger partial charge on any atom is 0.265 e. The van der Waals surface area contributed by atoms with Crippen molar-refractivity contribution >= 4 is 28.3 Å². The van der Waals surface area contributed by atoms with Crippen LogP contribution in [0, 0.1) is 13.8 Å². The minimum Gasteiger partial charge on any atom is -0.392 e. The van der Waals surface area contributed by atoms with Gasteiger partial charge in [-0.1, -0.05) is 30.6 Å². The van der Waals surface area contributed by atoms with Crippen molar-refractivity contribution < 1.29 is 9.90 Å². The Morgan fingerprint density at radius 1 is 1.36 bits per heavy atom. The van der Waals surface area contributed by atoms with Gasteiger partial charge in [-0.25, -0.2) is 4.98 Å². The van der Waals surface area contributed by atoms with Crippen LogP contribution in [-0.2, 0) is 0 Å². The van der Waals surface area contributed by atoms with Crippen molar-refractivity contribution in [2.45, 2.75) is 58.9 Å². The van der Waals surface area contributed by atoms with E-state index in [1.165, 1.54) is 30.6 Å². The molecule has 2 heterocycles. The molecule has 0 unspecified atom stereocenters. The minimum atomic E-state index is 0.0199. The van der Waals surface area contributed by atoms with Gasteiger partial charge in [0.05, 0.1) is 18.0 Å². The second-order valence-electron chi connectivity index (χ2n) is 7.07. The molecular weight excluding hydrogens is 334 g/mol. The van der Waals surface area contributed by atoms with E-state index >= 15 is 0 Å². The van der Waals surface area contributed by atoms with Crippen molar-refractivity contribution in [3.63, 3.8) is 0 Å². The molecule has 25 heavy (non-hydrogen) atoms. The van der Waals surface area contributed by atoms with Crippen molar-refractivity contribution in [3.8, 4) is 0 Å². The highest BCUT2D eigenvalue weighted by molar-refractivity contribution is 7.19. The molecule has 1 saturated carbocycles. The molecule has 1 fully saturated rings. The summed E-state index contributed by atoms with van der Waals surface area (Å²) in [7, 11) is 1.93. The van der Waals surface area contributed by atoms with Crippen LogP contribution in [0.2, 0.25) is 0 Å². The number of hydrogen-bond acceptors (Lipinski definition) is 4. The largest absolute Gasteiger partial charge is 0.392 e. The summed E-state index contributed by atoms with van der Waals surface area (Å²) < 4.78 is 2.04. The van der Waals surface area contributed by atoms with Crippen LogP contribution in [0.15, 0.2) is 5.57 Å². The zero-order valence-electron chi connectivity index (χ0n) is 15.5. The molecule has 0 aliphatic heterocycles. The van der Waals surface area contributed by atoms with Crippen LogP contribution in [-0.4, -0.2) is 45.0 Å². The summed E-state index contributed by atoms with van der Waals surface area (Å²) in [5.74, 6) is 0.103. The monoisotopic (exact) mass is 361 g/mol. The summed E-state index contributed by atoms with van der Waals surface area (Å²) in [6, 6.07) is 0.354. The Morgan fingerprint density at radius 2 is 2.04 bits per heavy atom. The number of nitrogens with zero attached hydrogens (tertiary/aromatic N) is 3. The zero-order valence-corrected chi connectivity index (χ0v) is 16.3. The average Bonchev–Trinajstić information content (AvgIpc) is 3.10. The zero-order chi connectivity index (χ0) is 18.1. The first-order chi connectivity index (χ1) is 11.9. The maximum absolute atomic E-state index is 13.0. The summed E-state index contributed by atoms with van der Waals surface area (Å²) >= 11 is 1.46. The standard InChI is InChI=1S/C19H27N3O2S/c1-12(11-23)10-16-13(2)20-19-22(16)14(3)17(25-19)18(24)21(4)15-8-6-5-7-9-15/h10,15,23H,5-9,11H2,1-4H3/b12-10+. The van der Waals surface area contributed by atoms with Gasteiger partial charge in [0.2, 0.25) is 0 Å². The molecule has 1 aliphatic carbocycles. The summed E-state index contributed by atoms with van der Waals surface area (Å²) in [4.78, 5) is 21.2. The number of aromatic nitrogens is 2. The number of carbonyl (C=O) groups is 1. The number of aryl methyl sites for hydroxylation is 2. The van der Waals surface area contributed by atoms with E-state index in [4.69, 9.17) is 0 Å². The Morgan fingerprint density at radius 3 is 2.68 bits per heavy atom. The van der Waals surface area contributed by atoms with Gasteiger partial charge in [-0.3, -0.25) is 9.20 Å². The Kier molecular flexibility index (Phi) is 5.29. The van der Waals surface area contributed by atoms with Crippen molar-refractivity contribution in [2.24, 2.45) is 0 Å². The number of aliphatic hydroxyl groups excluding tert-OH is 1. The molecule has 1 N–H and O–H groups in total. The Balaban J connectivity index is 1.97. The van der Waals surface area contributed by atoms with Gasteiger partial charge in [0.25, 0.3) is 5.91 Å². The number of rotatable bonds is 4. The van der Waals surface area contributed by atoms with Crippen molar-refractivity contribution in [2.75, 3.05) is 13.7 Å². The Bertz CT molecular complexity index is 812. The number of carbonyl (C=O) groups excluding carboxylic acids is 1. The second kappa shape index (κ2) is 7.30. The highest BCUT2D eigenvalue weighted by atomic mass is 32.1. The van der Waals surface area contributed by atoms with Crippen LogP contribution in [0.25, 0.3) is 11.0 Å². The van der Waals surface area contributed by atoms with Crippen LogP contribution in [0.5, 0.6) is 0 Å². The van der Waals surface area contributed by atoms with E-state index in [2.05, 4.69) is 4.98 Å². The van der Waals surface area contributed by atoms with Gasteiger partial charge in [-0.15, -0.1) is 0 Å². The first kappa shape index (κ1) is 18.1. The predicted octanol–water partition coefficient (Wildman–Crippen LogP) is 3.81. The molecule has 0 atom stereocenters. The number of aliphatic hydroxyl groups is 1. The number of thiazole rings is 1. The first-order valence-electron chi connectivity index (χ1n) is 8.97. The van der Waals surface area contributed by atoms with Gasteiger partial charge in [-0.2, -0.15) is 0 Å². The molecule has 0 spiro atoms. The highest BCUT2D eigenvalue weighted by Crippen LogP contribution is 2.30. The van der Waals surface area contributed by atoms with Gasteiger partial charge in [0.15, 0.2) is 4.96 Å². The van der Waals surface area contributed by atoms with Crippen LogP contribution >= 0.6 is 11.3 Å². The third kappa shape index (κ3) is 3.37. The summed E-state index contributed by atoms with van der Waals surface area (Å²) in [5.41, 5.74) is 3.68. The van der Waals surface area contributed by atoms with Gasteiger partial charge < -0.3 is 10.0 Å². The lowest BCUT2D eigenvalue weighted by atomic mass is 9.94. The molecular formula is C19H27N3O2S. The van der Waals surface area contributed by atoms with Crippen LogP contribution < -0.4 is 0 Å². The van der Waals surface area contributed by atoms with E-state index in [9.17, 15) is 9.90 Å². The smallest absolute Gasteiger partial charge is 0.265 e. The molecule has 6 heteroatoms. The molecule has 0 saturated heterocycles. The number of imidazole rings is 1. The lowest BCUT2D eigenvalue weighted by Gasteiger charge is -2.31. The summed E-state index contributed by atoms with van der Waals surface area (Å²) in [5, 5.41) is 9.32.